The van der Waals surface area contributed by atoms with Crippen molar-refractivity contribution in [2.75, 3.05) is 6.61 Å². The molecule has 1 aliphatic heterocycles. The molecule has 1 unspecified atom stereocenters. The van der Waals surface area contributed by atoms with Crippen LogP contribution in [0.25, 0.3) is 0 Å². The molecule has 5 heteroatoms. The van der Waals surface area contributed by atoms with Gasteiger partial charge in [-0.2, -0.15) is 0 Å². The van der Waals surface area contributed by atoms with E-state index in [0.29, 0.717) is 18.6 Å². The highest BCUT2D eigenvalue weighted by Gasteiger charge is 2.23. The van der Waals surface area contributed by atoms with E-state index in [-0.39, 0.29) is 29.9 Å². The second-order valence-corrected chi connectivity index (χ2v) is 4.65. The summed E-state index contributed by atoms with van der Waals surface area (Å²) in [5.74, 6) is -0.755. The van der Waals surface area contributed by atoms with Gasteiger partial charge in [0, 0.05) is 5.56 Å². The summed E-state index contributed by atoms with van der Waals surface area (Å²) >= 11 is 0. The molecule has 1 N–H and O–H groups in total. The molecule has 2 rings (SSSR count). The van der Waals surface area contributed by atoms with Crippen molar-refractivity contribution in [3.63, 3.8) is 0 Å². The van der Waals surface area contributed by atoms with Crippen molar-refractivity contribution in [2.45, 2.75) is 32.2 Å². The van der Waals surface area contributed by atoms with E-state index in [2.05, 4.69) is 5.32 Å². The maximum atomic E-state index is 13.7. The summed E-state index contributed by atoms with van der Waals surface area (Å²) in [5, 5.41) is 2.77. The number of rotatable bonds is 3. The summed E-state index contributed by atoms with van der Waals surface area (Å²) in [7, 11) is 0. The Morgan fingerprint density at radius 3 is 3.00 bits per heavy atom. The Hall–Kier alpha value is -1.91. The maximum absolute atomic E-state index is 13.7. The minimum Gasteiger partial charge on any atom is -0.490 e. The fourth-order valence-electron chi connectivity index (χ4n) is 2.19. The Kier molecular flexibility index (Phi) is 4.14. The molecule has 0 radical (unpaired) electrons. The lowest BCUT2D eigenvalue weighted by molar-refractivity contribution is -0.127. The van der Waals surface area contributed by atoms with E-state index in [4.69, 9.17) is 4.74 Å². The summed E-state index contributed by atoms with van der Waals surface area (Å²) in [6.07, 6.45) is 1.24. The highest BCUT2D eigenvalue weighted by Crippen LogP contribution is 2.33. The molecule has 0 bridgehead atoms. The number of hydrogen-bond acceptors (Lipinski definition) is 3. The quantitative estimate of drug-likeness (QED) is 0.852. The summed E-state index contributed by atoms with van der Waals surface area (Å²) in [5.41, 5.74) is 0.634. The average Bonchev–Trinajstić information content (AvgIpc) is 2.52. The van der Waals surface area contributed by atoms with Crippen molar-refractivity contribution in [3.05, 3.63) is 29.6 Å². The van der Waals surface area contributed by atoms with Crippen LogP contribution >= 0.6 is 0 Å². The van der Waals surface area contributed by atoms with Gasteiger partial charge in [0.2, 0.25) is 5.91 Å². The first kappa shape index (κ1) is 13.5. The standard InChI is InChI=1S/C14H16FNO3/c1-9(17)8-13(18)16-12-6-3-7-19-14-10(12)4-2-5-11(14)15/h2,4-5,12H,3,6-8H2,1H3,(H,16,18). The average molecular weight is 265 g/mol. The normalized spacial score (nSPS) is 17.9. The maximum Gasteiger partial charge on any atom is 0.227 e. The topological polar surface area (TPSA) is 55.4 Å². The second kappa shape index (κ2) is 5.82. The third kappa shape index (κ3) is 3.30. The molecule has 19 heavy (non-hydrogen) atoms. The number of fused-ring (bicyclic) bond motifs is 1. The Morgan fingerprint density at radius 2 is 2.26 bits per heavy atom. The lowest BCUT2D eigenvalue weighted by Gasteiger charge is -2.18. The third-order valence-corrected chi connectivity index (χ3v) is 3.00. The molecular weight excluding hydrogens is 249 g/mol. The highest BCUT2D eigenvalue weighted by molar-refractivity contribution is 5.96. The van der Waals surface area contributed by atoms with E-state index in [1.807, 2.05) is 0 Å². The van der Waals surface area contributed by atoms with Gasteiger partial charge in [0.1, 0.15) is 5.78 Å². The minimum absolute atomic E-state index is 0.151. The van der Waals surface area contributed by atoms with Crippen LogP contribution in [0, 0.1) is 5.82 Å². The lowest BCUT2D eigenvalue weighted by atomic mass is 10.0. The molecule has 0 fully saturated rings. The van der Waals surface area contributed by atoms with Crippen molar-refractivity contribution < 1.29 is 18.7 Å². The zero-order valence-corrected chi connectivity index (χ0v) is 10.7. The van der Waals surface area contributed by atoms with Gasteiger partial charge < -0.3 is 10.1 Å². The van der Waals surface area contributed by atoms with Gasteiger partial charge in [0.15, 0.2) is 11.6 Å². The van der Waals surface area contributed by atoms with E-state index >= 15 is 0 Å². The smallest absolute Gasteiger partial charge is 0.227 e. The first-order chi connectivity index (χ1) is 9.08. The highest BCUT2D eigenvalue weighted by atomic mass is 19.1. The van der Waals surface area contributed by atoms with Crippen molar-refractivity contribution >= 4 is 11.7 Å². The number of halogens is 1. The number of benzene rings is 1. The molecule has 0 saturated heterocycles. The number of Topliss-reactive ketones (excluding diaryl/α,β-unsaturated/α-hetero) is 1. The number of amides is 1. The predicted octanol–water partition coefficient (Wildman–Crippen LogP) is 2.13. The van der Waals surface area contributed by atoms with Crippen LogP contribution in [0.2, 0.25) is 0 Å². The van der Waals surface area contributed by atoms with Gasteiger partial charge in [-0.3, -0.25) is 9.59 Å². The van der Waals surface area contributed by atoms with Gasteiger partial charge in [-0.1, -0.05) is 12.1 Å². The van der Waals surface area contributed by atoms with Gasteiger partial charge in [-0.25, -0.2) is 4.39 Å². The molecule has 4 nitrogen and oxygen atoms in total. The van der Waals surface area contributed by atoms with E-state index in [1.54, 1.807) is 12.1 Å². The molecule has 1 atom stereocenters. The van der Waals surface area contributed by atoms with E-state index < -0.39 is 5.82 Å². The Morgan fingerprint density at radius 1 is 1.47 bits per heavy atom. The number of carbonyl (C=O) groups is 2. The molecule has 1 aliphatic rings. The monoisotopic (exact) mass is 265 g/mol. The number of hydrogen-bond donors (Lipinski definition) is 1. The van der Waals surface area contributed by atoms with Crippen molar-refractivity contribution in [3.8, 4) is 5.75 Å². The van der Waals surface area contributed by atoms with Crippen molar-refractivity contribution in [1.82, 2.24) is 5.32 Å². The number of para-hydroxylation sites is 1. The van der Waals surface area contributed by atoms with E-state index in [1.165, 1.54) is 13.0 Å². The van der Waals surface area contributed by atoms with Crippen LogP contribution in [0.15, 0.2) is 18.2 Å². The molecule has 0 aliphatic carbocycles. The Balaban J connectivity index is 2.20. The first-order valence-electron chi connectivity index (χ1n) is 6.28. The molecule has 0 saturated carbocycles. The fourth-order valence-corrected chi connectivity index (χ4v) is 2.19. The summed E-state index contributed by atoms with van der Waals surface area (Å²) in [6.45, 7) is 1.79. The molecular formula is C14H16FNO3. The first-order valence-corrected chi connectivity index (χ1v) is 6.28. The van der Waals surface area contributed by atoms with E-state index in [0.717, 1.165) is 6.42 Å². The largest absolute Gasteiger partial charge is 0.490 e. The summed E-state index contributed by atoms with van der Waals surface area (Å²) < 4.78 is 19.1. The van der Waals surface area contributed by atoms with Crippen molar-refractivity contribution in [2.24, 2.45) is 0 Å². The van der Waals surface area contributed by atoms with Crippen LogP contribution in [-0.2, 0) is 9.59 Å². The van der Waals surface area contributed by atoms with Gasteiger partial charge in [-0.05, 0) is 25.8 Å². The molecule has 1 aromatic rings. The summed E-state index contributed by atoms with van der Waals surface area (Å²) in [4.78, 5) is 22.6. The number of carbonyl (C=O) groups excluding carboxylic acids is 2. The van der Waals surface area contributed by atoms with Gasteiger partial charge in [0.25, 0.3) is 0 Å². The zero-order chi connectivity index (χ0) is 13.8. The second-order valence-electron chi connectivity index (χ2n) is 4.65. The third-order valence-electron chi connectivity index (χ3n) is 3.00. The van der Waals surface area contributed by atoms with Gasteiger partial charge in [-0.15, -0.1) is 0 Å². The van der Waals surface area contributed by atoms with Crippen LogP contribution in [0.5, 0.6) is 5.75 Å². The zero-order valence-electron chi connectivity index (χ0n) is 10.7. The van der Waals surface area contributed by atoms with E-state index in [9.17, 15) is 14.0 Å². The lowest BCUT2D eigenvalue weighted by Crippen LogP contribution is -2.29. The SMILES string of the molecule is CC(=O)CC(=O)NC1CCCOc2c(F)cccc21. The van der Waals surface area contributed by atoms with Gasteiger partial charge in [0.05, 0.1) is 19.1 Å². The number of ketones is 1. The number of nitrogens with one attached hydrogen (secondary N) is 1. The Bertz CT molecular complexity index is 501. The molecule has 0 spiro atoms. The molecule has 1 heterocycles. The molecule has 102 valence electrons. The van der Waals surface area contributed by atoms with Crippen LogP contribution in [0.4, 0.5) is 4.39 Å². The van der Waals surface area contributed by atoms with Crippen molar-refractivity contribution in [1.29, 1.82) is 0 Å². The van der Waals surface area contributed by atoms with Gasteiger partial charge >= 0.3 is 0 Å². The minimum atomic E-state index is -0.426. The molecule has 1 aromatic carbocycles. The van der Waals surface area contributed by atoms with Crippen LogP contribution in [-0.4, -0.2) is 18.3 Å². The predicted molar refractivity (Wildman–Crippen MR) is 67.3 cm³/mol. The van der Waals surface area contributed by atoms with Crippen LogP contribution in [0.1, 0.15) is 37.8 Å². The Labute approximate surface area is 110 Å². The fraction of sp³-hybridized carbons (Fsp3) is 0.429. The number of ether oxygens (including phenoxy) is 1. The van der Waals surface area contributed by atoms with Crippen LogP contribution < -0.4 is 10.1 Å². The molecule has 0 aromatic heterocycles. The van der Waals surface area contributed by atoms with Crippen LogP contribution in [0.3, 0.4) is 0 Å². The summed E-state index contributed by atoms with van der Waals surface area (Å²) in [6, 6.07) is 4.36. The molecule has 1 amide bonds.